The third kappa shape index (κ3) is 1.75. The maximum absolute atomic E-state index is 11.6. The van der Waals surface area contributed by atoms with E-state index in [1.54, 1.807) is 0 Å². The highest BCUT2D eigenvalue weighted by atomic mass is 31.2. The summed E-state index contributed by atoms with van der Waals surface area (Å²) >= 11 is 0. The fraction of sp³-hybridized carbons (Fsp3) is 1.00. The zero-order valence-electron chi connectivity index (χ0n) is 4.72. The maximum Gasteiger partial charge on any atom is 0.385 e. The molecule has 0 saturated heterocycles. The topological polar surface area (TPSA) is 0 Å². The molecule has 0 rings (SSSR count). The van der Waals surface area contributed by atoms with Crippen molar-refractivity contribution in [2.45, 2.75) is 18.5 Å². The third-order valence-electron chi connectivity index (χ3n) is 0.740. The second-order valence-corrected chi connectivity index (χ2v) is 2.69. The van der Waals surface area contributed by atoms with Crippen LogP contribution in [0.3, 0.4) is 0 Å². The molecule has 7 heteroatoms. The van der Waals surface area contributed by atoms with Crippen molar-refractivity contribution in [1.29, 1.82) is 0 Å². The van der Waals surface area contributed by atoms with E-state index in [2.05, 4.69) is 0 Å². The lowest BCUT2D eigenvalue weighted by molar-refractivity contribution is -0.146. The second-order valence-electron chi connectivity index (χ2n) is 1.66. The van der Waals surface area contributed by atoms with Gasteiger partial charge in [0.25, 0.3) is 0 Å². The fourth-order valence-electron chi connectivity index (χ4n) is 0.148. The predicted molar refractivity (Wildman–Crippen MR) is 24.7 cm³/mol. The summed E-state index contributed by atoms with van der Waals surface area (Å²) in [7, 11) is -4.92. The fourth-order valence-corrected chi connectivity index (χ4v) is 0.445. The van der Waals surface area contributed by atoms with E-state index < -0.39 is 20.1 Å². The molecule has 0 aliphatic rings. The van der Waals surface area contributed by atoms with Crippen LogP contribution in [0, 0.1) is 0 Å². The molecule has 0 unspecified atom stereocenters. The van der Waals surface area contributed by atoms with Gasteiger partial charge in [0, 0.05) is 6.92 Å². The quantitative estimate of drug-likeness (QED) is 0.455. The Morgan fingerprint density at radius 1 is 1.00 bits per heavy atom. The van der Waals surface area contributed by atoms with E-state index in [9.17, 15) is 26.0 Å². The highest BCUT2D eigenvalue weighted by Crippen LogP contribution is 2.61. The molecule has 0 aromatic rings. The summed E-state index contributed by atoms with van der Waals surface area (Å²) in [5.41, 5.74) is -5.16. The second kappa shape index (κ2) is 2.57. The van der Waals surface area contributed by atoms with Gasteiger partial charge in [-0.15, -0.1) is 0 Å². The molecule has 0 aromatic carbocycles. The molecule has 0 amide bonds. The van der Waals surface area contributed by atoms with Crippen LogP contribution in [0.5, 0.6) is 0 Å². The number of halogens is 6. The molecule has 0 atom stereocenters. The van der Waals surface area contributed by atoms with E-state index in [0.29, 0.717) is 0 Å². The molecule has 0 N–H and O–H groups in total. The van der Waals surface area contributed by atoms with Gasteiger partial charge in [0.1, 0.15) is 0 Å². The number of hydrogen-bond acceptors (Lipinski definition) is 0. The van der Waals surface area contributed by atoms with Gasteiger partial charge in [-0.3, -0.25) is 0 Å². The average Bonchev–Trinajstić information content (AvgIpc) is 1.62. The Morgan fingerprint density at radius 3 is 1.30 bits per heavy atom. The highest BCUT2D eigenvalue weighted by Gasteiger charge is 2.60. The summed E-state index contributed by atoms with van der Waals surface area (Å²) in [5.74, 6) is -4.64. The molecule has 0 saturated carbocycles. The van der Waals surface area contributed by atoms with Crippen molar-refractivity contribution in [2.24, 2.45) is 0 Å². The minimum Gasteiger partial charge on any atom is -0.200 e. The van der Waals surface area contributed by atoms with Crippen molar-refractivity contribution in [3.05, 3.63) is 0 Å². The first-order chi connectivity index (χ1) is 4.19. The molecule has 62 valence electrons. The Morgan fingerprint density at radius 2 is 1.30 bits per heavy atom. The Labute approximate surface area is 54.2 Å². The maximum atomic E-state index is 11.6. The van der Waals surface area contributed by atoms with Crippen LogP contribution in [0.2, 0.25) is 0 Å². The van der Waals surface area contributed by atoms with Gasteiger partial charge in [-0.05, 0) is 0 Å². The SMILES string of the molecule is CC(F)(F)C(F)(F)P(F)F. The zero-order chi connectivity index (χ0) is 8.58. The Balaban J connectivity index is 4.40. The Kier molecular flexibility index (Phi) is 2.57. The van der Waals surface area contributed by atoms with Crippen LogP contribution in [-0.2, 0) is 0 Å². The monoisotopic (exact) mass is 184 g/mol. The number of rotatable bonds is 2. The summed E-state index contributed by atoms with van der Waals surface area (Å²) in [4.78, 5) is 0. The van der Waals surface area contributed by atoms with Crippen LogP contribution in [0.15, 0.2) is 0 Å². The van der Waals surface area contributed by atoms with Gasteiger partial charge in [0.2, 0.25) is 0 Å². The van der Waals surface area contributed by atoms with E-state index in [1.807, 2.05) is 0 Å². The van der Waals surface area contributed by atoms with Crippen molar-refractivity contribution in [2.75, 3.05) is 0 Å². The van der Waals surface area contributed by atoms with Crippen molar-refractivity contribution < 1.29 is 26.0 Å². The lowest BCUT2D eigenvalue weighted by Gasteiger charge is -2.20. The van der Waals surface area contributed by atoms with Crippen molar-refractivity contribution in [3.8, 4) is 0 Å². The highest BCUT2D eigenvalue weighted by molar-refractivity contribution is 7.47. The smallest absolute Gasteiger partial charge is 0.200 e. The first-order valence-electron chi connectivity index (χ1n) is 2.07. The van der Waals surface area contributed by atoms with E-state index >= 15 is 0 Å². The Hall–Kier alpha value is 0.01000. The van der Waals surface area contributed by atoms with Crippen molar-refractivity contribution in [1.82, 2.24) is 0 Å². The lowest BCUT2D eigenvalue weighted by atomic mass is 10.4. The van der Waals surface area contributed by atoms with Gasteiger partial charge in [0.15, 0.2) is 0 Å². The van der Waals surface area contributed by atoms with Crippen molar-refractivity contribution in [3.63, 3.8) is 0 Å². The van der Waals surface area contributed by atoms with Crippen LogP contribution < -0.4 is 0 Å². The van der Waals surface area contributed by atoms with Crippen LogP contribution >= 0.6 is 8.54 Å². The molecule has 0 nitrogen and oxygen atoms in total. The lowest BCUT2D eigenvalue weighted by Crippen LogP contribution is -2.33. The molecule has 0 spiro atoms. The summed E-state index contributed by atoms with van der Waals surface area (Å²) in [6.07, 6.45) is 0. The summed E-state index contributed by atoms with van der Waals surface area (Å²) in [6.45, 7) is -0.235. The molecule has 0 aliphatic carbocycles. The molecule has 0 aromatic heterocycles. The summed E-state index contributed by atoms with van der Waals surface area (Å²) < 4.78 is 68.5. The van der Waals surface area contributed by atoms with E-state index in [1.165, 1.54) is 0 Å². The minimum atomic E-state index is -5.16. The van der Waals surface area contributed by atoms with E-state index in [0.717, 1.165) is 0 Å². The molecule has 0 heterocycles. The van der Waals surface area contributed by atoms with Crippen LogP contribution in [0.4, 0.5) is 26.0 Å². The largest absolute Gasteiger partial charge is 0.385 e. The van der Waals surface area contributed by atoms with Gasteiger partial charge in [-0.2, -0.15) is 26.0 Å². The van der Waals surface area contributed by atoms with Gasteiger partial charge >= 0.3 is 20.1 Å². The average molecular weight is 184 g/mol. The molecular weight excluding hydrogens is 181 g/mol. The molecule has 0 aliphatic heterocycles. The summed E-state index contributed by atoms with van der Waals surface area (Å²) in [6, 6.07) is 0. The predicted octanol–water partition coefficient (Wildman–Crippen LogP) is 3.49. The molecule has 0 bridgehead atoms. The molecule has 0 fully saturated rings. The third-order valence-corrected chi connectivity index (χ3v) is 1.56. The first-order valence-corrected chi connectivity index (χ1v) is 3.19. The Bertz CT molecular complexity index is 115. The number of hydrogen-bond donors (Lipinski definition) is 0. The summed E-state index contributed by atoms with van der Waals surface area (Å²) in [5, 5.41) is 0. The van der Waals surface area contributed by atoms with Crippen LogP contribution in [-0.4, -0.2) is 11.6 Å². The van der Waals surface area contributed by atoms with Gasteiger partial charge in [-0.25, -0.2) is 0 Å². The molecule has 0 radical (unpaired) electrons. The minimum absolute atomic E-state index is 0.235. The van der Waals surface area contributed by atoms with E-state index in [4.69, 9.17) is 0 Å². The normalized spacial score (nSPS) is 14.4. The van der Waals surface area contributed by atoms with Gasteiger partial charge in [-0.1, -0.05) is 0 Å². The zero-order valence-corrected chi connectivity index (χ0v) is 5.61. The van der Waals surface area contributed by atoms with Crippen LogP contribution in [0.1, 0.15) is 6.92 Å². The van der Waals surface area contributed by atoms with Gasteiger partial charge < -0.3 is 0 Å². The molecular formula is C3H3F6P. The molecule has 10 heavy (non-hydrogen) atoms. The van der Waals surface area contributed by atoms with Gasteiger partial charge in [0.05, 0.1) is 0 Å². The standard InChI is InChI=1S/C3H3F6P/c1-2(4,5)3(6,7)10(8)9/h1H3. The van der Waals surface area contributed by atoms with E-state index in [-0.39, 0.29) is 6.92 Å². The van der Waals surface area contributed by atoms with Crippen LogP contribution in [0.25, 0.3) is 0 Å². The number of alkyl halides is 4. The van der Waals surface area contributed by atoms with Crippen molar-refractivity contribution >= 4 is 8.54 Å². The first kappa shape index (κ1) is 10.0.